The number of hydrogen-bond acceptors (Lipinski definition) is 6. The molecule has 0 bridgehead atoms. The van der Waals surface area contributed by atoms with Gasteiger partial charge in [0, 0.05) is 81.2 Å². The fourth-order valence-electron chi connectivity index (χ4n) is 11.6. The van der Waals surface area contributed by atoms with Gasteiger partial charge in [0.2, 0.25) is 0 Å². The average Bonchev–Trinajstić information content (AvgIpc) is 1.42. The summed E-state index contributed by atoms with van der Waals surface area (Å²) < 4.78 is 4.11. The summed E-state index contributed by atoms with van der Waals surface area (Å²) in [6.07, 6.45) is 8.22. The molecule has 0 aliphatic heterocycles. The van der Waals surface area contributed by atoms with Crippen LogP contribution in [0.25, 0.3) is 89.6 Å². The first-order valence-corrected chi connectivity index (χ1v) is 29.4. The van der Waals surface area contributed by atoms with E-state index in [0.717, 1.165) is 124 Å². The second-order valence-corrected chi connectivity index (χ2v) is 24.2. The molecule has 0 unspecified atom stereocenters. The summed E-state index contributed by atoms with van der Waals surface area (Å²) in [6.45, 7) is 13.6. The third kappa shape index (κ3) is 10.5. The lowest BCUT2D eigenvalue weighted by molar-refractivity contribution is 0.590. The van der Waals surface area contributed by atoms with Gasteiger partial charge in [-0.25, -0.2) is 19.9 Å². The van der Waals surface area contributed by atoms with Gasteiger partial charge >= 0.3 is 0 Å². The third-order valence-corrected chi connectivity index (χ3v) is 16.3. The van der Waals surface area contributed by atoms with Crippen molar-refractivity contribution in [1.82, 2.24) is 28.7 Å². The smallest absolute Gasteiger partial charge is 0.137 e. The number of pyridine rings is 2. The van der Waals surface area contributed by atoms with Crippen LogP contribution < -0.4 is 9.80 Å². The van der Waals surface area contributed by atoms with Crippen LogP contribution in [-0.4, -0.2) is 28.7 Å². The van der Waals surface area contributed by atoms with Gasteiger partial charge in [-0.2, -0.15) is 0 Å². The molecule has 0 spiro atoms. The van der Waals surface area contributed by atoms with Crippen molar-refractivity contribution < 1.29 is 0 Å². The molecule has 14 aromatic rings. The molecule has 0 aliphatic carbocycles. The van der Waals surface area contributed by atoms with Crippen LogP contribution in [0.4, 0.5) is 34.1 Å². The summed E-state index contributed by atoms with van der Waals surface area (Å²) in [5, 5.41) is 0. The molecular weight excluding hydrogens is 1050 g/mol. The van der Waals surface area contributed by atoms with E-state index in [4.69, 9.17) is 19.9 Å². The highest BCUT2D eigenvalue weighted by Gasteiger charge is 2.22. The van der Waals surface area contributed by atoms with Gasteiger partial charge < -0.3 is 18.6 Å². The number of rotatable bonds is 12. The van der Waals surface area contributed by atoms with E-state index in [1.165, 1.54) is 11.1 Å². The largest absolute Gasteiger partial charge is 0.311 e. The fraction of sp³-hybridized carbons (Fsp3) is 0.103. The molecule has 0 N–H and O–H groups in total. The Kier molecular flexibility index (Phi) is 13.5. The highest BCUT2D eigenvalue weighted by atomic mass is 15.1. The van der Waals surface area contributed by atoms with Crippen LogP contribution in [0.5, 0.6) is 0 Å². The van der Waals surface area contributed by atoms with Crippen LogP contribution in [0.15, 0.2) is 280 Å². The maximum absolute atomic E-state index is 5.69. The number of benzene rings is 9. The number of para-hydroxylation sites is 2. The summed E-state index contributed by atoms with van der Waals surface area (Å²) in [5.41, 5.74) is 24.1. The molecule has 0 aliphatic rings. The Labute approximate surface area is 502 Å². The van der Waals surface area contributed by atoms with Gasteiger partial charge in [-0.1, -0.05) is 187 Å². The maximum Gasteiger partial charge on any atom is 0.137 e. The normalized spacial score (nSPS) is 11.8. The van der Waals surface area contributed by atoms with Gasteiger partial charge in [-0.05, 0) is 153 Å². The quantitative estimate of drug-likeness (QED) is 0.121. The van der Waals surface area contributed by atoms with Crippen molar-refractivity contribution in [1.29, 1.82) is 0 Å². The lowest BCUT2D eigenvalue weighted by Crippen LogP contribution is -2.10. The lowest BCUT2D eigenvalue weighted by atomic mass is 9.84. The van der Waals surface area contributed by atoms with Gasteiger partial charge in [-0.3, -0.25) is 0 Å². The average molecular weight is 1110 g/mol. The Morgan fingerprint density at radius 1 is 0.291 bits per heavy atom. The zero-order valence-electron chi connectivity index (χ0n) is 49.1. The number of aromatic nitrogens is 6. The molecule has 0 radical (unpaired) electrons. The van der Waals surface area contributed by atoms with E-state index in [-0.39, 0.29) is 10.8 Å². The Bertz CT molecular complexity index is 4340. The van der Waals surface area contributed by atoms with Gasteiger partial charge in [0.15, 0.2) is 0 Å². The fourth-order valence-corrected chi connectivity index (χ4v) is 11.6. The first kappa shape index (κ1) is 53.3. The predicted molar refractivity (Wildman–Crippen MR) is 356 cm³/mol. The maximum atomic E-state index is 5.69. The van der Waals surface area contributed by atoms with Crippen LogP contribution >= 0.6 is 0 Å². The number of anilines is 6. The number of fused-ring (bicyclic) bond motifs is 3. The van der Waals surface area contributed by atoms with Gasteiger partial charge in [0.25, 0.3) is 0 Å². The minimum absolute atomic E-state index is 0.0142. The highest BCUT2D eigenvalue weighted by molar-refractivity contribution is 5.96. The molecule has 0 atom stereocenters. The Morgan fingerprint density at radius 3 is 0.919 bits per heavy atom. The molecular formula is C78H64N8. The van der Waals surface area contributed by atoms with Crippen molar-refractivity contribution in [2.75, 3.05) is 9.80 Å². The van der Waals surface area contributed by atoms with E-state index in [2.05, 4.69) is 291 Å². The standard InChI is InChI=1S/C78H64N8/c1-77(2,3)59-35-23-53(24-36-59)67-49-69-70(50-68(67)54-25-37-60(38-26-54)78(4,5)6)82-76(58-33-45-66(46-34-58)86(62-19-11-8-12-20-62)64-41-29-56(30-42-64)72-52-84-48-16-14-22-74(84)80-72)75(81-69)57-31-43-65(44-32-57)85(61-17-9-7-10-18-61)63-39-27-55(28-40-63)71-51-83-47-15-13-21-73(83)79-71/h7-52H,1-6H3. The molecule has 416 valence electrons. The van der Waals surface area contributed by atoms with Crippen molar-refractivity contribution in [2.45, 2.75) is 52.4 Å². The zero-order valence-corrected chi connectivity index (χ0v) is 49.1. The van der Waals surface area contributed by atoms with Crippen LogP contribution in [0.2, 0.25) is 0 Å². The molecule has 0 amide bonds. The van der Waals surface area contributed by atoms with Crippen molar-refractivity contribution in [3.05, 3.63) is 291 Å². The minimum Gasteiger partial charge on any atom is -0.311 e. The number of hydrogen-bond donors (Lipinski definition) is 0. The van der Waals surface area contributed by atoms with Gasteiger partial charge in [-0.15, -0.1) is 0 Å². The van der Waals surface area contributed by atoms with Crippen molar-refractivity contribution in [2.24, 2.45) is 0 Å². The second kappa shape index (κ2) is 21.8. The van der Waals surface area contributed by atoms with Gasteiger partial charge in [0.05, 0.1) is 33.8 Å². The van der Waals surface area contributed by atoms with Crippen LogP contribution in [0, 0.1) is 0 Å². The number of imidazole rings is 2. The summed E-state index contributed by atoms with van der Waals surface area (Å²) in [5.74, 6) is 0. The summed E-state index contributed by atoms with van der Waals surface area (Å²) in [6, 6.07) is 90.7. The molecule has 0 saturated heterocycles. The second-order valence-electron chi connectivity index (χ2n) is 24.2. The third-order valence-electron chi connectivity index (χ3n) is 16.3. The van der Waals surface area contributed by atoms with Gasteiger partial charge in [0.1, 0.15) is 11.3 Å². The Hall–Kier alpha value is -10.7. The van der Waals surface area contributed by atoms with E-state index < -0.39 is 0 Å². The zero-order chi connectivity index (χ0) is 58.5. The topological polar surface area (TPSA) is 66.9 Å². The van der Waals surface area contributed by atoms with Crippen molar-refractivity contribution in [3.8, 4) is 67.3 Å². The van der Waals surface area contributed by atoms with E-state index in [1.54, 1.807) is 0 Å². The van der Waals surface area contributed by atoms with E-state index >= 15 is 0 Å². The summed E-state index contributed by atoms with van der Waals surface area (Å²) >= 11 is 0. The monoisotopic (exact) mass is 1110 g/mol. The molecule has 5 aromatic heterocycles. The van der Waals surface area contributed by atoms with Crippen LogP contribution in [-0.2, 0) is 10.8 Å². The van der Waals surface area contributed by atoms with Crippen LogP contribution in [0.1, 0.15) is 52.7 Å². The molecule has 9 aromatic carbocycles. The van der Waals surface area contributed by atoms with E-state index in [9.17, 15) is 0 Å². The molecule has 0 saturated carbocycles. The highest BCUT2D eigenvalue weighted by Crippen LogP contribution is 2.43. The van der Waals surface area contributed by atoms with Crippen LogP contribution in [0.3, 0.4) is 0 Å². The summed E-state index contributed by atoms with van der Waals surface area (Å²) in [7, 11) is 0. The molecule has 5 heterocycles. The first-order chi connectivity index (χ1) is 41.8. The molecule has 86 heavy (non-hydrogen) atoms. The van der Waals surface area contributed by atoms with Crippen molar-refractivity contribution in [3.63, 3.8) is 0 Å². The number of nitrogens with zero attached hydrogens (tertiary/aromatic N) is 8. The molecule has 8 nitrogen and oxygen atoms in total. The predicted octanol–water partition coefficient (Wildman–Crippen LogP) is 20.5. The van der Waals surface area contributed by atoms with E-state index in [1.807, 2.05) is 48.8 Å². The lowest BCUT2D eigenvalue weighted by Gasteiger charge is -2.26. The SMILES string of the molecule is CC(C)(C)c1ccc(-c2cc3nc(-c4ccc(N(c5ccccc5)c5ccc(-c6cn7ccccc7n6)cc5)cc4)c(-c4ccc(N(c5ccccc5)c5ccc(-c6cn7ccccc7n6)cc5)cc4)nc3cc2-c2ccc(C(C)(C)C)cc2)cc1. The Morgan fingerprint density at radius 2 is 0.593 bits per heavy atom. The van der Waals surface area contributed by atoms with E-state index in [0.29, 0.717) is 0 Å². The minimum atomic E-state index is 0.0142. The van der Waals surface area contributed by atoms with Crippen molar-refractivity contribution >= 4 is 56.5 Å². The molecule has 14 rings (SSSR count). The molecule has 8 heteroatoms. The first-order valence-electron chi connectivity index (χ1n) is 29.4. The molecule has 0 fully saturated rings. The summed E-state index contributed by atoms with van der Waals surface area (Å²) in [4.78, 5) is 25.8. The Balaban J connectivity index is 0.893.